The molecule has 2 fully saturated rings. The quantitative estimate of drug-likeness (QED) is 0.570. The Morgan fingerprint density at radius 3 is 2.40 bits per heavy atom. The molecule has 54 valence electrons. The van der Waals surface area contributed by atoms with Crippen molar-refractivity contribution in [3.63, 3.8) is 0 Å². The van der Waals surface area contributed by atoms with E-state index in [0.29, 0.717) is 0 Å². The molecule has 0 unspecified atom stereocenters. The van der Waals surface area contributed by atoms with Gasteiger partial charge < -0.3 is 0 Å². The Balaban J connectivity index is 1.92. The molecule has 0 bridgehead atoms. The van der Waals surface area contributed by atoms with Crippen LogP contribution in [0.1, 0.15) is 38.5 Å². The van der Waals surface area contributed by atoms with Gasteiger partial charge in [0.1, 0.15) is 0 Å². The van der Waals surface area contributed by atoms with Crippen LogP contribution >= 0.6 is 0 Å². The maximum atomic E-state index is 8.86. The maximum absolute atomic E-state index is 8.86. The highest BCUT2D eigenvalue weighted by Crippen LogP contribution is 2.50. The lowest BCUT2D eigenvalue weighted by Crippen LogP contribution is -2.27. The van der Waals surface area contributed by atoms with Crippen LogP contribution in [0.5, 0.6) is 0 Å². The van der Waals surface area contributed by atoms with Crippen molar-refractivity contribution in [2.45, 2.75) is 38.5 Å². The molecule has 1 nitrogen and oxygen atoms in total. The van der Waals surface area contributed by atoms with Crippen LogP contribution in [0.4, 0.5) is 0 Å². The number of nitrogens with zero attached hydrogens (tertiary/aromatic N) is 1. The van der Waals surface area contributed by atoms with Crippen LogP contribution in [0.25, 0.3) is 0 Å². The summed E-state index contributed by atoms with van der Waals surface area (Å²) in [7, 11) is 0. The summed E-state index contributed by atoms with van der Waals surface area (Å²) in [5, 5.41) is 8.86. The number of hydrogen-bond donors (Lipinski definition) is 0. The second-order valence-electron chi connectivity index (χ2n) is 3.89. The zero-order valence-corrected chi connectivity index (χ0v) is 6.27. The van der Waals surface area contributed by atoms with E-state index in [1.54, 1.807) is 0 Å². The highest BCUT2D eigenvalue weighted by molar-refractivity contribution is 5.06. The molecule has 0 aromatic rings. The van der Waals surface area contributed by atoms with Crippen molar-refractivity contribution in [2.75, 3.05) is 0 Å². The first-order valence-corrected chi connectivity index (χ1v) is 4.26. The van der Waals surface area contributed by atoms with Gasteiger partial charge in [0.15, 0.2) is 0 Å². The SMILES string of the molecule is N#CC1(CC2CC2)CCC1. The lowest BCUT2D eigenvalue weighted by atomic mass is 9.67. The summed E-state index contributed by atoms with van der Waals surface area (Å²) in [4.78, 5) is 0. The number of nitriles is 1. The Hall–Kier alpha value is -0.510. The van der Waals surface area contributed by atoms with Crippen LogP contribution in [0.2, 0.25) is 0 Å². The van der Waals surface area contributed by atoms with E-state index in [4.69, 9.17) is 5.26 Å². The Bertz CT molecular complexity index is 170. The molecule has 0 aromatic carbocycles. The van der Waals surface area contributed by atoms with Crippen molar-refractivity contribution in [2.24, 2.45) is 11.3 Å². The van der Waals surface area contributed by atoms with Crippen LogP contribution in [-0.4, -0.2) is 0 Å². The topological polar surface area (TPSA) is 23.8 Å². The molecular weight excluding hydrogens is 122 g/mol. The predicted octanol–water partition coefficient (Wildman–Crippen LogP) is 2.48. The van der Waals surface area contributed by atoms with E-state index in [1.807, 2.05) is 0 Å². The van der Waals surface area contributed by atoms with Gasteiger partial charge in [-0.25, -0.2) is 0 Å². The molecule has 0 aromatic heterocycles. The molecular formula is C9H13N. The molecule has 2 saturated carbocycles. The predicted molar refractivity (Wildman–Crippen MR) is 39.2 cm³/mol. The molecule has 0 radical (unpaired) electrons. The minimum Gasteiger partial charge on any atom is -0.198 e. The molecule has 2 aliphatic rings. The molecule has 0 N–H and O–H groups in total. The van der Waals surface area contributed by atoms with Crippen molar-refractivity contribution in [3.05, 3.63) is 0 Å². The summed E-state index contributed by atoms with van der Waals surface area (Å²) in [6.45, 7) is 0. The molecule has 0 spiro atoms. The summed E-state index contributed by atoms with van der Waals surface area (Å²) >= 11 is 0. The van der Waals surface area contributed by atoms with E-state index < -0.39 is 0 Å². The molecule has 2 aliphatic carbocycles. The van der Waals surface area contributed by atoms with Crippen molar-refractivity contribution < 1.29 is 0 Å². The van der Waals surface area contributed by atoms with E-state index in [2.05, 4.69) is 6.07 Å². The molecule has 0 saturated heterocycles. The van der Waals surface area contributed by atoms with Crippen molar-refractivity contribution in [3.8, 4) is 6.07 Å². The average molecular weight is 135 g/mol. The highest BCUT2D eigenvalue weighted by atomic mass is 14.5. The van der Waals surface area contributed by atoms with Gasteiger partial charge in [-0.15, -0.1) is 0 Å². The fourth-order valence-corrected chi connectivity index (χ4v) is 1.84. The molecule has 0 amide bonds. The van der Waals surface area contributed by atoms with Crippen LogP contribution in [-0.2, 0) is 0 Å². The fourth-order valence-electron chi connectivity index (χ4n) is 1.84. The summed E-state index contributed by atoms with van der Waals surface area (Å²) in [5.41, 5.74) is 0.154. The van der Waals surface area contributed by atoms with Gasteiger partial charge in [-0.1, -0.05) is 19.3 Å². The summed E-state index contributed by atoms with van der Waals surface area (Å²) in [6.07, 6.45) is 7.65. The Kier molecular flexibility index (Phi) is 1.23. The molecule has 0 heterocycles. The standard InChI is InChI=1S/C9H13N/c10-7-9(4-1-5-9)6-8-2-3-8/h8H,1-6H2. The minimum absolute atomic E-state index is 0.154. The van der Waals surface area contributed by atoms with Gasteiger partial charge in [0.25, 0.3) is 0 Å². The van der Waals surface area contributed by atoms with Crippen LogP contribution in [0, 0.1) is 22.7 Å². The smallest absolute Gasteiger partial charge is 0.0689 e. The average Bonchev–Trinajstić information content (AvgIpc) is 2.62. The number of rotatable bonds is 2. The molecule has 2 rings (SSSR count). The lowest BCUT2D eigenvalue weighted by Gasteiger charge is -2.35. The van der Waals surface area contributed by atoms with E-state index >= 15 is 0 Å². The largest absolute Gasteiger partial charge is 0.198 e. The van der Waals surface area contributed by atoms with Crippen LogP contribution in [0.15, 0.2) is 0 Å². The van der Waals surface area contributed by atoms with Gasteiger partial charge >= 0.3 is 0 Å². The third-order valence-corrected chi connectivity index (χ3v) is 2.92. The molecule has 1 heteroatoms. The van der Waals surface area contributed by atoms with E-state index in [0.717, 1.165) is 5.92 Å². The first-order chi connectivity index (χ1) is 4.85. The summed E-state index contributed by atoms with van der Waals surface area (Å²) in [6, 6.07) is 2.49. The van der Waals surface area contributed by atoms with Gasteiger partial charge in [-0.3, -0.25) is 0 Å². The summed E-state index contributed by atoms with van der Waals surface area (Å²) in [5.74, 6) is 0.931. The van der Waals surface area contributed by atoms with Crippen LogP contribution in [0.3, 0.4) is 0 Å². The van der Waals surface area contributed by atoms with Gasteiger partial charge in [0.2, 0.25) is 0 Å². The first-order valence-electron chi connectivity index (χ1n) is 4.26. The van der Waals surface area contributed by atoms with Crippen molar-refractivity contribution >= 4 is 0 Å². The molecule has 0 aliphatic heterocycles. The monoisotopic (exact) mass is 135 g/mol. The minimum atomic E-state index is 0.154. The normalized spacial score (nSPS) is 28.7. The summed E-state index contributed by atoms with van der Waals surface area (Å²) < 4.78 is 0. The highest BCUT2D eigenvalue weighted by Gasteiger charge is 2.41. The van der Waals surface area contributed by atoms with E-state index in [-0.39, 0.29) is 5.41 Å². The Labute approximate surface area is 62.0 Å². The molecule has 10 heavy (non-hydrogen) atoms. The zero-order valence-electron chi connectivity index (χ0n) is 6.27. The second-order valence-corrected chi connectivity index (χ2v) is 3.89. The van der Waals surface area contributed by atoms with E-state index in [9.17, 15) is 0 Å². The third-order valence-electron chi connectivity index (χ3n) is 2.92. The lowest BCUT2D eigenvalue weighted by molar-refractivity contribution is 0.187. The zero-order chi connectivity index (χ0) is 7.03. The Morgan fingerprint density at radius 2 is 2.10 bits per heavy atom. The Morgan fingerprint density at radius 1 is 1.40 bits per heavy atom. The van der Waals surface area contributed by atoms with Crippen molar-refractivity contribution in [1.82, 2.24) is 0 Å². The van der Waals surface area contributed by atoms with Crippen molar-refractivity contribution in [1.29, 1.82) is 5.26 Å². The maximum Gasteiger partial charge on any atom is 0.0689 e. The van der Waals surface area contributed by atoms with E-state index in [1.165, 1.54) is 38.5 Å². The van der Waals surface area contributed by atoms with Gasteiger partial charge in [0, 0.05) is 0 Å². The van der Waals surface area contributed by atoms with Gasteiger partial charge in [-0.2, -0.15) is 5.26 Å². The fraction of sp³-hybridized carbons (Fsp3) is 0.889. The van der Waals surface area contributed by atoms with Crippen LogP contribution < -0.4 is 0 Å². The molecule has 0 atom stereocenters. The van der Waals surface area contributed by atoms with Gasteiger partial charge in [-0.05, 0) is 25.2 Å². The third kappa shape index (κ3) is 0.923. The second kappa shape index (κ2) is 1.99. The first kappa shape index (κ1) is 6.22. The van der Waals surface area contributed by atoms with Gasteiger partial charge in [0.05, 0.1) is 11.5 Å². The number of hydrogen-bond acceptors (Lipinski definition) is 1.